The van der Waals surface area contributed by atoms with E-state index in [0.717, 1.165) is 19.3 Å². The summed E-state index contributed by atoms with van der Waals surface area (Å²) < 4.78 is 0. The van der Waals surface area contributed by atoms with Crippen molar-refractivity contribution in [3.63, 3.8) is 0 Å². The van der Waals surface area contributed by atoms with Crippen molar-refractivity contribution in [1.82, 2.24) is 0 Å². The second-order valence-corrected chi connectivity index (χ2v) is 4.21. The van der Waals surface area contributed by atoms with E-state index >= 15 is 0 Å². The maximum atomic E-state index is 4.91. The minimum atomic E-state index is 0.671. The minimum Gasteiger partial charge on any atom is -0.305 e. The molecule has 2 N–H and O–H groups in total. The Labute approximate surface area is 77.3 Å². The van der Waals surface area contributed by atoms with E-state index in [-0.39, 0.29) is 0 Å². The van der Waals surface area contributed by atoms with Crippen molar-refractivity contribution in [3.05, 3.63) is 21.9 Å². The van der Waals surface area contributed by atoms with E-state index in [4.69, 9.17) is 5.90 Å². The molecule has 0 unspecified atom stereocenters. The van der Waals surface area contributed by atoms with E-state index in [1.807, 2.05) is 11.3 Å². The molecule has 1 aromatic heterocycles. The molecule has 1 rings (SSSR count). The van der Waals surface area contributed by atoms with Gasteiger partial charge in [-0.2, -0.15) is 0 Å². The second-order valence-electron chi connectivity index (χ2n) is 2.84. The van der Waals surface area contributed by atoms with Crippen LogP contribution in [0.4, 0.5) is 0 Å². The van der Waals surface area contributed by atoms with Crippen molar-refractivity contribution in [2.45, 2.75) is 26.2 Å². The Morgan fingerprint density at radius 3 is 2.83 bits per heavy atom. The van der Waals surface area contributed by atoms with Gasteiger partial charge in [0.2, 0.25) is 0 Å². The summed E-state index contributed by atoms with van der Waals surface area (Å²) in [5.74, 6) is 4.91. The zero-order chi connectivity index (χ0) is 8.81. The summed E-state index contributed by atoms with van der Waals surface area (Å²) in [7, 11) is 0. The third-order valence-corrected chi connectivity index (χ3v) is 2.79. The van der Waals surface area contributed by atoms with Crippen molar-refractivity contribution in [3.8, 4) is 0 Å². The fourth-order valence-electron chi connectivity index (χ4n) is 1.10. The molecule has 0 atom stereocenters. The number of hydrogen-bond donors (Lipinski definition) is 1. The summed E-state index contributed by atoms with van der Waals surface area (Å²) >= 11 is 1.87. The van der Waals surface area contributed by atoms with Crippen molar-refractivity contribution in [2.75, 3.05) is 6.61 Å². The van der Waals surface area contributed by atoms with E-state index in [1.54, 1.807) is 0 Å². The van der Waals surface area contributed by atoms with E-state index in [9.17, 15) is 0 Å². The number of nitrogens with two attached hydrogens (primary N) is 1. The van der Waals surface area contributed by atoms with Gasteiger partial charge in [-0.1, -0.05) is 0 Å². The van der Waals surface area contributed by atoms with Crippen molar-refractivity contribution in [1.29, 1.82) is 0 Å². The van der Waals surface area contributed by atoms with Crippen LogP contribution in [-0.4, -0.2) is 6.61 Å². The standard InChI is InChI=1S/C9H15NOS/c1-8-5-6-9(12-8)4-2-3-7-11-10/h5-6H,2-4,7,10H2,1H3. The average Bonchev–Trinajstić information content (AvgIpc) is 2.45. The van der Waals surface area contributed by atoms with Crippen LogP contribution in [0.2, 0.25) is 0 Å². The maximum absolute atomic E-state index is 4.91. The molecule has 0 aromatic carbocycles. The van der Waals surface area contributed by atoms with Crippen LogP contribution >= 0.6 is 11.3 Å². The molecule has 0 saturated heterocycles. The van der Waals surface area contributed by atoms with E-state index in [0.29, 0.717) is 6.61 Å². The molecule has 0 aliphatic carbocycles. The first kappa shape index (κ1) is 9.71. The highest BCUT2D eigenvalue weighted by molar-refractivity contribution is 7.11. The van der Waals surface area contributed by atoms with Crippen molar-refractivity contribution < 1.29 is 4.84 Å². The molecule has 3 heteroatoms. The largest absolute Gasteiger partial charge is 0.305 e. The summed E-state index contributed by atoms with van der Waals surface area (Å²) in [6.45, 7) is 2.81. The van der Waals surface area contributed by atoms with Gasteiger partial charge in [-0.15, -0.1) is 11.3 Å². The van der Waals surface area contributed by atoms with E-state index in [1.165, 1.54) is 9.75 Å². The highest BCUT2D eigenvalue weighted by Gasteiger charge is 1.95. The first-order valence-corrected chi connectivity index (χ1v) is 5.01. The Bertz CT molecular complexity index is 222. The predicted octanol–water partition coefficient (Wildman–Crippen LogP) is 2.27. The number of rotatable bonds is 5. The van der Waals surface area contributed by atoms with Crippen LogP contribution in [0.25, 0.3) is 0 Å². The van der Waals surface area contributed by atoms with Gasteiger partial charge in [-0.3, -0.25) is 0 Å². The Morgan fingerprint density at radius 1 is 1.42 bits per heavy atom. The molecular weight excluding hydrogens is 170 g/mol. The highest BCUT2D eigenvalue weighted by atomic mass is 32.1. The summed E-state index contributed by atoms with van der Waals surface area (Å²) in [6.07, 6.45) is 3.37. The molecule has 0 bridgehead atoms. The fourth-order valence-corrected chi connectivity index (χ4v) is 2.04. The molecule has 12 heavy (non-hydrogen) atoms. The van der Waals surface area contributed by atoms with Crippen LogP contribution in [-0.2, 0) is 11.3 Å². The molecule has 0 aliphatic heterocycles. The van der Waals surface area contributed by atoms with Gasteiger partial charge in [0.15, 0.2) is 0 Å². The molecule has 1 aromatic rings. The SMILES string of the molecule is Cc1ccc(CCCCON)s1. The molecule has 0 spiro atoms. The predicted molar refractivity (Wildman–Crippen MR) is 52.1 cm³/mol. The van der Waals surface area contributed by atoms with Crippen molar-refractivity contribution in [2.24, 2.45) is 5.90 Å². The Hall–Kier alpha value is -0.380. The molecule has 0 amide bonds. The summed E-state index contributed by atoms with van der Waals surface area (Å²) in [5.41, 5.74) is 0. The quantitative estimate of drug-likeness (QED) is 0.564. The zero-order valence-electron chi connectivity index (χ0n) is 7.38. The first-order valence-electron chi connectivity index (χ1n) is 4.20. The summed E-state index contributed by atoms with van der Waals surface area (Å²) in [6, 6.07) is 4.36. The first-order chi connectivity index (χ1) is 5.83. The normalized spacial score (nSPS) is 10.5. The van der Waals surface area contributed by atoms with Gasteiger partial charge < -0.3 is 4.84 Å². The summed E-state index contributed by atoms with van der Waals surface area (Å²) in [4.78, 5) is 7.34. The van der Waals surface area contributed by atoms with Gasteiger partial charge in [0.05, 0.1) is 6.61 Å². The van der Waals surface area contributed by atoms with E-state index < -0.39 is 0 Å². The maximum Gasteiger partial charge on any atom is 0.0679 e. The van der Waals surface area contributed by atoms with Crippen LogP contribution in [0.3, 0.4) is 0 Å². The van der Waals surface area contributed by atoms with Crippen LogP contribution in [0.1, 0.15) is 22.6 Å². The number of thiophene rings is 1. The van der Waals surface area contributed by atoms with Crippen molar-refractivity contribution >= 4 is 11.3 Å². The number of hydrogen-bond acceptors (Lipinski definition) is 3. The highest BCUT2D eigenvalue weighted by Crippen LogP contribution is 2.16. The Morgan fingerprint density at radius 2 is 2.25 bits per heavy atom. The molecule has 2 nitrogen and oxygen atoms in total. The second kappa shape index (κ2) is 5.30. The van der Waals surface area contributed by atoms with Gasteiger partial charge >= 0.3 is 0 Å². The molecule has 0 fully saturated rings. The lowest BCUT2D eigenvalue weighted by Gasteiger charge is -1.96. The van der Waals surface area contributed by atoms with Gasteiger partial charge in [0, 0.05) is 9.75 Å². The monoisotopic (exact) mass is 185 g/mol. The molecular formula is C9H15NOS. The van der Waals surface area contributed by atoms with Gasteiger partial charge in [0.25, 0.3) is 0 Å². The fraction of sp³-hybridized carbons (Fsp3) is 0.556. The Balaban J connectivity index is 2.15. The third kappa shape index (κ3) is 3.34. The van der Waals surface area contributed by atoms with E-state index in [2.05, 4.69) is 23.9 Å². The lowest BCUT2D eigenvalue weighted by Crippen LogP contribution is -2.00. The molecule has 0 aliphatic rings. The summed E-state index contributed by atoms with van der Waals surface area (Å²) in [5, 5.41) is 0. The Kier molecular flexibility index (Phi) is 4.29. The average molecular weight is 185 g/mol. The zero-order valence-corrected chi connectivity index (χ0v) is 8.19. The molecule has 68 valence electrons. The lowest BCUT2D eigenvalue weighted by molar-refractivity contribution is 0.134. The van der Waals surface area contributed by atoms with Crippen LogP contribution < -0.4 is 5.90 Å². The number of unbranched alkanes of at least 4 members (excludes halogenated alkanes) is 1. The molecule has 0 saturated carbocycles. The minimum absolute atomic E-state index is 0.671. The van der Waals surface area contributed by atoms with Crippen LogP contribution in [0, 0.1) is 6.92 Å². The molecule has 0 radical (unpaired) electrons. The van der Waals surface area contributed by atoms with Gasteiger partial charge in [-0.25, -0.2) is 5.90 Å². The number of aryl methyl sites for hydroxylation is 2. The lowest BCUT2D eigenvalue weighted by atomic mass is 10.2. The topological polar surface area (TPSA) is 35.2 Å². The van der Waals surface area contributed by atoms with Gasteiger partial charge in [-0.05, 0) is 38.3 Å². The van der Waals surface area contributed by atoms with Crippen LogP contribution in [0.15, 0.2) is 12.1 Å². The van der Waals surface area contributed by atoms with Gasteiger partial charge in [0.1, 0.15) is 0 Å². The van der Waals surface area contributed by atoms with Crippen LogP contribution in [0.5, 0.6) is 0 Å². The molecule has 1 heterocycles. The smallest absolute Gasteiger partial charge is 0.0679 e. The third-order valence-electron chi connectivity index (χ3n) is 1.73.